The van der Waals surface area contributed by atoms with Crippen LogP contribution >= 0.6 is 0 Å². The summed E-state index contributed by atoms with van der Waals surface area (Å²) in [6.07, 6.45) is 7.16. The van der Waals surface area contributed by atoms with Gasteiger partial charge in [-0.05, 0) is 39.9 Å². The molecule has 0 bridgehead atoms. The van der Waals surface area contributed by atoms with Crippen LogP contribution in [0.1, 0.15) is 19.8 Å². The first kappa shape index (κ1) is 13.1. The van der Waals surface area contributed by atoms with E-state index in [0.29, 0.717) is 0 Å². The fraction of sp³-hybridized carbons (Fsp3) is 0.857. The molecule has 0 radical (unpaired) electrons. The molecule has 0 aliphatic carbocycles. The molecule has 17 heavy (non-hydrogen) atoms. The molecule has 0 atom stereocenters. The van der Waals surface area contributed by atoms with Crippen LogP contribution in [0, 0.1) is 0 Å². The van der Waals surface area contributed by atoms with Gasteiger partial charge in [0.25, 0.3) is 0 Å². The Morgan fingerprint density at radius 2 is 1.65 bits per heavy atom. The van der Waals surface area contributed by atoms with Crippen molar-refractivity contribution in [2.24, 2.45) is 0 Å². The number of allylic oxidation sites excluding steroid dienone is 1. The summed E-state index contributed by atoms with van der Waals surface area (Å²) >= 11 is 0. The first-order valence-electron chi connectivity index (χ1n) is 7.05. The van der Waals surface area contributed by atoms with Crippen molar-refractivity contribution in [1.29, 1.82) is 0 Å². The van der Waals surface area contributed by atoms with Crippen molar-refractivity contribution >= 4 is 0 Å². The lowest BCUT2D eigenvalue weighted by Gasteiger charge is -2.41. The molecule has 0 amide bonds. The highest BCUT2D eigenvalue weighted by Gasteiger charge is 2.25. The van der Waals surface area contributed by atoms with Crippen molar-refractivity contribution in [3.05, 3.63) is 12.2 Å². The number of piperidine rings is 1. The third kappa shape index (κ3) is 3.80. The van der Waals surface area contributed by atoms with Gasteiger partial charge in [-0.3, -0.25) is 9.80 Å². The van der Waals surface area contributed by atoms with Gasteiger partial charge >= 0.3 is 0 Å². The van der Waals surface area contributed by atoms with Gasteiger partial charge in [-0.2, -0.15) is 0 Å². The Hall–Kier alpha value is -0.380. The minimum absolute atomic E-state index is 0.852. The third-order valence-electron chi connectivity index (χ3n) is 4.21. The Bertz CT molecular complexity index is 236. The molecule has 3 nitrogen and oxygen atoms in total. The van der Waals surface area contributed by atoms with Gasteiger partial charge in [0, 0.05) is 38.8 Å². The average Bonchev–Trinajstić information content (AvgIpc) is 2.38. The summed E-state index contributed by atoms with van der Waals surface area (Å²) in [5, 5.41) is 0. The van der Waals surface area contributed by atoms with E-state index in [-0.39, 0.29) is 0 Å². The van der Waals surface area contributed by atoms with Gasteiger partial charge in [-0.25, -0.2) is 0 Å². The lowest BCUT2D eigenvalue weighted by atomic mass is 10.0. The van der Waals surface area contributed by atoms with Crippen LogP contribution in [0.4, 0.5) is 0 Å². The van der Waals surface area contributed by atoms with E-state index in [9.17, 15) is 0 Å². The molecular weight excluding hydrogens is 210 g/mol. The quantitative estimate of drug-likeness (QED) is 0.685. The van der Waals surface area contributed by atoms with Crippen LogP contribution in [0.15, 0.2) is 12.2 Å². The zero-order chi connectivity index (χ0) is 12.1. The fourth-order valence-corrected chi connectivity index (χ4v) is 2.91. The van der Waals surface area contributed by atoms with Crippen molar-refractivity contribution < 1.29 is 0 Å². The molecule has 0 aromatic heterocycles. The molecule has 0 saturated carbocycles. The number of likely N-dealkylation sites (N-methyl/N-ethyl adjacent to an activating group) is 1. The van der Waals surface area contributed by atoms with Crippen molar-refractivity contribution in [2.45, 2.75) is 25.8 Å². The number of piperazine rings is 1. The first-order valence-corrected chi connectivity index (χ1v) is 7.05. The second kappa shape index (κ2) is 6.53. The number of likely N-dealkylation sites (tertiary alicyclic amines) is 1. The molecule has 0 spiro atoms. The number of rotatable bonds is 3. The van der Waals surface area contributed by atoms with Crippen LogP contribution in [0.5, 0.6) is 0 Å². The summed E-state index contributed by atoms with van der Waals surface area (Å²) in [7, 11) is 2.23. The maximum atomic E-state index is 2.72. The van der Waals surface area contributed by atoms with Gasteiger partial charge in [0.2, 0.25) is 0 Å². The monoisotopic (exact) mass is 237 g/mol. The summed E-state index contributed by atoms with van der Waals surface area (Å²) in [5.41, 5.74) is 0. The first-order chi connectivity index (χ1) is 8.29. The normalized spacial score (nSPS) is 26.9. The van der Waals surface area contributed by atoms with Gasteiger partial charge in [-0.1, -0.05) is 12.2 Å². The summed E-state index contributed by atoms with van der Waals surface area (Å²) in [6.45, 7) is 10.9. The van der Waals surface area contributed by atoms with Crippen LogP contribution in [0.2, 0.25) is 0 Å². The summed E-state index contributed by atoms with van der Waals surface area (Å²) in [5.74, 6) is 0. The molecule has 2 rings (SSSR count). The van der Waals surface area contributed by atoms with Gasteiger partial charge < -0.3 is 4.90 Å². The predicted octanol–water partition coefficient (Wildman–Crippen LogP) is 1.27. The Balaban J connectivity index is 1.71. The summed E-state index contributed by atoms with van der Waals surface area (Å²) < 4.78 is 0. The van der Waals surface area contributed by atoms with E-state index in [2.05, 4.69) is 40.8 Å². The second-order valence-electron chi connectivity index (χ2n) is 5.44. The lowest BCUT2D eigenvalue weighted by Crippen LogP contribution is -2.52. The van der Waals surface area contributed by atoms with E-state index in [1.165, 1.54) is 52.1 Å². The molecule has 0 unspecified atom stereocenters. The Morgan fingerprint density at radius 1 is 1.00 bits per heavy atom. The highest BCUT2D eigenvalue weighted by Crippen LogP contribution is 2.17. The van der Waals surface area contributed by atoms with Crippen molar-refractivity contribution in [3.63, 3.8) is 0 Å². The van der Waals surface area contributed by atoms with Crippen LogP contribution in [-0.2, 0) is 0 Å². The van der Waals surface area contributed by atoms with Crippen LogP contribution in [-0.4, -0.2) is 73.6 Å². The van der Waals surface area contributed by atoms with E-state index < -0.39 is 0 Å². The molecule has 3 heteroatoms. The molecule has 2 aliphatic rings. The molecule has 0 aromatic carbocycles. The average molecular weight is 237 g/mol. The highest BCUT2D eigenvalue weighted by molar-refractivity contribution is 4.87. The lowest BCUT2D eigenvalue weighted by molar-refractivity contribution is 0.0708. The van der Waals surface area contributed by atoms with E-state index >= 15 is 0 Å². The fourth-order valence-electron chi connectivity index (χ4n) is 2.91. The minimum Gasteiger partial charge on any atom is -0.304 e. The zero-order valence-electron chi connectivity index (χ0n) is 11.4. The highest BCUT2D eigenvalue weighted by atomic mass is 15.3. The molecule has 2 aliphatic heterocycles. The molecule has 2 saturated heterocycles. The SMILES string of the molecule is C/C=C\CN1CCC(N2CCN(C)CC2)CC1. The molecule has 0 N–H and O–H groups in total. The van der Waals surface area contributed by atoms with Crippen LogP contribution in [0.25, 0.3) is 0 Å². The number of nitrogens with zero attached hydrogens (tertiary/aromatic N) is 3. The smallest absolute Gasteiger partial charge is 0.0163 e. The topological polar surface area (TPSA) is 9.72 Å². The molecular formula is C14H27N3. The summed E-state index contributed by atoms with van der Waals surface area (Å²) in [6, 6.07) is 0.852. The zero-order valence-corrected chi connectivity index (χ0v) is 11.4. The third-order valence-corrected chi connectivity index (χ3v) is 4.21. The van der Waals surface area contributed by atoms with Gasteiger partial charge in [-0.15, -0.1) is 0 Å². The van der Waals surface area contributed by atoms with Gasteiger partial charge in [0.05, 0.1) is 0 Å². The Kier molecular flexibility index (Phi) is 5.01. The molecule has 98 valence electrons. The van der Waals surface area contributed by atoms with Crippen molar-refractivity contribution in [3.8, 4) is 0 Å². The largest absolute Gasteiger partial charge is 0.304 e. The summed E-state index contributed by atoms with van der Waals surface area (Å²) in [4.78, 5) is 7.73. The van der Waals surface area contributed by atoms with Crippen molar-refractivity contribution in [1.82, 2.24) is 14.7 Å². The minimum atomic E-state index is 0.852. The van der Waals surface area contributed by atoms with Crippen LogP contribution in [0.3, 0.4) is 0 Å². The maximum Gasteiger partial charge on any atom is 0.0163 e. The Morgan fingerprint density at radius 3 is 2.24 bits per heavy atom. The predicted molar refractivity (Wildman–Crippen MR) is 73.3 cm³/mol. The van der Waals surface area contributed by atoms with Gasteiger partial charge in [0.1, 0.15) is 0 Å². The number of hydrogen-bond donors (Lipinski definition) is 0. The molecule has 2 fully saturated rings. The van der Waals surface area contributed by atoms with Crippen molar-refractivity contribution in [2.75, 3.05) is 52.9 Å². The van der Waals surface area contributed by atoms with E-state index in [1.807, 2.05) is 0 Å². The van der Waals surface area contributed by atoms with Crippen LogP contribution < -0.4 is 0 Å². The van der Waals surface area contributed by atoms with Gasteiger partial charge in [0.15, 0.2) is 0 Å². The second-order valence-corrected chi connectivity index (χ2v) is 5.44. The standard InChI is InChI=1S/C14H27N3/c1-3-4-7-16-8-5-14(6-9-16)17-12-10-15(2)11-13-17/h3-4,14H,5-13H2,1-2H3/b4-3-. The van der Waals surface area contributed by atoms with E-state index in [1.54, 1.807) is 0 Å². The maximum absolute atomic E-state index is 2.72. The number of hydrogen-bond acceptors (Lipinski definition) is 3. The van der Waals surface area contributed by atoms with E-state index in [4.69, 9.17) is 0 Å². The molecule has 2 heterocycles. The van der Waals surface area contributed by atoms with E-state index in [0.717, 1.165) is 12.6 Å². The molecule has 0 aromatic rings. The Labute approximate surface area is 106 Å².